The number of halogens is 4. The van der Waals surface area contributed by atoms with E-state index in [0.29, 0.717) is 13.1 Å². The van der Waals surface area contributed by atoms with Crippen LogP contribution in [0.4, 0.5) is 13.2 Å². The zero-order valence-corrected chi connectivity index (χ0v) is 21.4. The van der Waals surface area contributed by atoms with Gasteiger partial charge in [-0.05, 0) is 48.5 Å². The van der Waals surface area contributed by atoms with Crippen molar-refractivity contribution >= 4 is 32.3 Å². The van der Waals surface area contributed by atoms with E-state index in [0.717, 1.165) is 23.7 Å². The molecule has 0 bridgehead atoms. The molecule has 0 N–H and O–H groups in total. The molecule has 1 aliphatic heterocycles. The van der Waals surface area contributed by atoms with Gasteiger partial charge in [0.25, 0.3) is 5.56 Å². The molecule has 7 nitrogen and oxygen atoms in total. The summed E-state index contributed by atoms with van der Waals surface area (Å²) in [5, 5.41) is 0.0867. The Kier molecular flexibility index (Phi) is 7.47. The monoisotopic (exact) mass is 542 g/mol. The van der Waals surface area contributed by atoms with E-state index in [1.807, 2.05) is 11.9 Å². The summed E-state index contributed by atoms with van der Waals surface area (Å²) in [6.45, 7) is 4.20. The van der Waals surface area contributed by atoms with Crippen LogP contribution in [0, 0.1) is 0 Å². The van der Waals surface area contributed by atoms with Gasteiger partial charge in [0.05, 0.1) is 40.0 Å². The van der Waals surface area contributed by atoms with Gasteiger partial charge in [-0.3, -0.25) is 14.3 Å². The van der Waals surface area contributed by atoms with E-state index in [4.69, 9.17) is 11.6 Å². The highest BCUT2D eigenvalue weighted by atomic mass is 35.5. The van der Waals surface area contributed by atoms with E-state index in [-0.39, 0.29) is 50.8 Å². The zero-order valence-electron chi connectivity index (χ0n) is 19.8. The summed E-state index contributed by atoms with van der Waals surface area (Å²) in [7, 11) is -1.66. The molecule has 1 fully saturated rings. The second kappa shape index (κ2) is 10.1. The molecule has 0 saturated carbocycles. The summed E-state index contributed by atoms with van der Waals surface area (Å²) in [5.41, 5.74) is -1.09. The highest BCUT2D eigenvalue weighted by Crippen LogP contribution is 2.34. The molecule has 1 aliphatic rings. The average molecular weight is 543 g/mol. The summed E-state index contributed by atoms with van der Waals surface area (Å²) in [4.78, 5) is 21.5. The second-order valence-electron chi connectivity index (χ2n) is 8.94. The molecule has 0 unspecified atom stereocenters. The molecule has 4 rings (SSSR count). The van der Waals surface area contributed by atoms with Gasteiger partial charge in [0.1, 0.15) is 0 Å². The summed E-state index contributed by atoms with van der Waals surface area (Å²) in [5.74, 6) is -0.155. The quantitative estimate of drug-likeness (QED) is 0.473. The first-order chi connectivity index (χ1) is 16.9. The normalized spacial score (nSPS) is 16.1. The molecule has 3 aromatic rings. The van der Waals surface area contributed by atoms with Crippen LogP contribution in [-0.2, 0) is 29.1 Å². The number of aromatic nitrogens is 2. The topological polar surface area (TPSA) is 75.5 Å². The van der Waals surface area contributed by atoms with Crippen LogP contribution < -0.4 is 5.56 Å². The molecule has 2 heterocycles. The van der Waals surface area contributed by atoms with Crippen molar-refractivity contribution in [3.05, 3.63) is 68.7 Å². The van der Waals surface area contributed by atoms with Crippen molar-refractivity contribution < 1.29 is 21.6 Å². The van der Waals surface area contributed by atoms with Crippen LogP contribution in [0.3, 0.4) is 0 Å². The van der Waals surface area contributed by atoms with Crippen LogP contribution >= 0.6 is 11.6 Å². The molecule has 1 saturated heterocycles. The van der Waals surface area contributed by atoms with Crippen molar-refractivity contribution in [1.29, 1.82) is 0 Å². The molecule has 0 amide bonds. The average Bonchev–Trinajstić information content (AvgIpc) is 2.81. The second-order valence-corrected chi connectivity index (χ2v) is 11.6. The molecule has 12 heteroatoms. The molecule has 0 aliphatic carbocycles. The molecule has 1 aromatic heterocycles. The molecule has 0 radical (unpaired) electrons. The lowest BCUT2D eigenvalue weighted by Gasteiger charge is -2.33. The Bertz CT molecular complexity index is 1450. The van der Waals surface area contributed by atoms with Crippen molar-refractivity contribution in [2.75, 3.05) is 39.0 Å². The van der Waals surface area contributed by atoms with Gasteiger partial charge in [-0.15, -0.1) is 0 Å². The van der Waals surface area contributed by atoms with Crippen LogP contribution in [0.15, 0.2) is 46.3 Å². The van der Waals surface area contributed by atoms with E-state index < -0.39 is 27.1 Å². The fourth-order valence-electron chi connectivity index (χ4n) is 4.32. The Balaban J connectivity index is 1.77. The summed E-state index contributed by atoms with van der Waals surface area (Å²) in [6, 6.07) is 6.42. The predicted molar refractivity (Wildman–Crippen MR) is 132 cm³/mol. The maximum Gasteiger partial charge on any atom is 0.416 e. The highest BCUT2D eigenvalue weighted by Gasteiger charge is 2.35. The molecule has 0 spiro atoms. The van der Waals surface area contributed by atoms with Gasteiger partial charge in [-0.25, -0.2) is 13.4 Å². The minimum atomic E-state index is -4.65. The van der Waals surface area contributed by atoms with E-state index in [1.165, 1.54) is 37.5 Å². The van der Waals surface area contributed by atoms with Crippen molar-refractivity contribution in [3.63, 3.8) is 0 Å². The number of alkyl halides is 3. The number of sulfone groups is 1. The van der Waals surface area contributed by atoms with E-state index in [1.54, 1.807) is 0 Å². The van der Waals surface area contributed by atoms with Crippen LogP contribution in [0.5, 0.6) is 0 Å². The minimum Gasteiger partial charge on any atom is -0.304 e. The molecule has 194 valence electrons. The minimum absolute atomic E-state index is 0.0138. The summed E-state index contributed by atoms with van der Waals surface area (Å²) < 4.78 is 68.1. The van der Waals surface area contributed by atoms with E-state index in [9.17, 15) is 26.4 Å². The van der Waals surface area contributed by atoms with Crippen molar-refractivity contribution in [2.24, 2.45) is 0 Å². The van der Waals surface area contributed by atoms with Gasteiger partial charge in [-0.1, -0.05) is 18.5 Å². The first-order valence-electron chi connectivity index (χ1n) is 11.4. The Morgan fingerprint density at radius 3 is 2.36 bits per heavy atom. The van der Waals surface area contributed by atoms with Gasteiger partial charge in [0.2, 0.25) is 0 Å². The maximum absolute atomic E-state index is 14.0. The molecule has 0 atom stereocenters. The van der Waals surface area contributed by atoms with Gasteiger partial charge >= 0.3 is 6.18 Å². The van der Waals surface area contributed by atoms with Crippen LogP contribution in [0.2, 0.25) is 5.02 Å². The Morgan fingerprint density at radius 1 is 1.03 bits per heavy atom. The molecule has 36 heavy (non-hydrogen) atoms. The lowest BCUT2D eigenvalue weighted by Crippen LogP contribution is -2.44. The number of benzene rings is 2. The lowest BCUT2D eigenvalue weighted by atomic mass is 10.0. The SMILES string of the molecule is CCS(=O)(=O)c1ccc(Cl)cc1Cn1cnc2cc(CN3CCN(C)CC3)c(C(F)(F)F)cc2c1=O. The third-order valence-electron chi connectivity index (χ3n) is 6.42. The van der Waals surface area contributed by atoms with E-state index >= 15 is 0 Å². The molecular weight excluding hydrogens is 517 g/mol. The highest BCUT2D eigenvalue weighted by molar-refractivity contribution is 7.91. The fourth-order valence-corrected chi connectivity index (χ4v) is 5.62. The third-order valence-corrected chi connectivity index (χ3v) is 8.49. The van der Waals surface area contributed by atoms with Gasteiger partial charge in [-0.2, -0.15) is 13.2 Å². The fraction of sp³-hybridized carbons (Fsp3) is 0.417. The van der Waals surface area contributed by atoms with Crippen LogP contribution in [-0.4, -0.2) is 66.7 Å². The van der Waals surface area contributed by atoms with Gasteiger partial charge < -0.3 is 4.90 Å². The number of rotatable bonds is 6. The van der Waals surface area contributed by atoms with E-state index in [2.05, 4.69) is 9.88 Å². The summed E-state index contributed by atoms with van der Waals surface area (Å²) >= 11 is 6.06. The first kappa shape index (κ1) is 26.6. The van der Waals surface area contributed by atoms with Gasteiger partial charge in [0, 0.05) is 37.7 Å². The number of piperazine rings is 1. The number of likely N-dealkylation sites (N-methyl/N-ethyl adjacent to an activating group) is 1. The Labute approximate surface area is 212 Å². The molecular formula is C24H26ClF3N4O3S. The third kappa shape index (κ3) is 5.59. The number of hydrogen-bond acceptors (Lipinski definition) is 6. The van der Waals surface area contributed by atoms with Crippen molar-refractivity contribution in [1.82, 2.24) is 19.4 Å². The van der Waals surface area contributed by atoms with Crippen molar-refractivity contribution in [2.45, 2.75) is 31.1 Å². The number of hydrogen-bond donors (Lipinski definition) is 0. The Morgan fingerprint density at radius 2 is 1.72 bits per heavy atom. The lowest BCUT2D eigenvalue weighted by molar-refractivity contribution is -0.138. The molecule has 2 aromatic carbocycles. The largest absolute Gasteiger partial charge is 0.416 e. The predicted octanol–water partition coefficient (Wildman–Crippen LogP) is 3.66. The van der Waals surface area contributed by atoms with Crippen LogP contribution in [0.1, 0.15) is 23.6 Å². The number of fused-ring (bicyclic) bond motifs is 1. The van der Waals surface area contributed by atoms with Crippen molar-refractivity contribution in [3.8, 4) is 0 Å². The number of nitrogens with zero attached hydrogens (tertiary/aromatic N) is 4. The standard InChI is InChI=1S/C24H26ClF3N4O3S/c1-3-36(34,35)22-5-4-18(25)10-17(22)14-32-15-29-21-11-16(13-31-8-6-30(2)7-9-31)20(24(26,27)28)12-19(21)23(32)33/h4-5,10-12,15H,3,6-9,13-14H2,1-2H3. The Hall–Kier alpha value is -2.47. The first-order valence-corrected chi connectivity index (χ1v) is 13.4. The van der Waals surface area contributed by atoms with Crippen LogP contribution in [0.25, 0.3) is 10.9 Å². The summed E-state index contributed by atoms with van der Waals surface area (Å²) in [6.07, 6.45) is -3.43. The van der Waals surface area contributed by atoms with Gasteiger partial charge in [0.15, 0.2) is 9.84 Å². The smallest absolute Gasteiger partial charge is 0.304 e. The maximum atomic E-state index is 14.0. The zero-order chi connectivity index (χ0) is 26.3.